The summed E-state index contributed by atoms with van der Waals surface area (Å²) in [6.45, 7) is 0. The van der Waals surface area contributed by atoms with Gasteiger partial charge in [0.15, 0.2) is 0 Å². The number of carbonyl (C=O) groups is 2. The third kappa shape index (κ3) is 1.90. The van der Waals surface area contributed by atoms with Crippen LogP contribution in [0.4, 0.5) is 5.69 Å². The summed E-state index contributed by atoms with van der Waals surface area (Å²) in [4.78, 5) is 21.5. The molecule has 1 atom stereocenters. The molecular weight excluding hydrogens is 196 g/mol. The highest BCUT2D eigenvalue weighted by Gasteiger charge is 2.25. The van der Waals surface area contributed by atoms with Gasteiger partial charge in [-0.05, 0) is 12.1 Å². The minimum Gasteiger partial charge on any atom is -0.478 e. The van der Waals surface area contributed by atoms with E-state index in [1.54, 1.807) is 18.2 Å². The maximum Gasteiger partial charge on any atom is 0.337 e. The molecule has 1 saturated heterocycles. The molecule has 0 unspecified atom stereocenters. The van der Waals surface area contributed by atoms with Crippen molar-refractivity contribution >= 4 is 17.6 Å². The summed E-state index contributed by atoms with van der Waals surface area (Å²) in [6.07, 6.45) is 0.228. The normalized spacial score (nSPS) is 18.9. The van der Waals surface area contributed by atoms with Crippen LogP contribution in [0.15, 0.2) is 24.3 Å². The van der Waals surface area contributed by atoms with Crippen molar-refractivity contribution in [3.05, 3.63) is 29.8 Å². The van der Waals surface area contributed by atoms with Crippen LogP contribution in [0.25, 0.3) is 0 Å². The van der Waals surface area contributed by atoms with Crippen LogP contribution in [0, 0.1) is 0 Å². The largest absolute Gasteiger partial charge is 0.478 e. The van der Waals surface area contributed by atoms with Crippen LogP contribution in [-0.4, -0.2) is 23.1 Å². The molecule has 1 fully saturated rings. The number of hydrogen-bond donors (Lipinski definition) is 3. The van der Waals surface area contributed by atoms with Gasteiger partial charge in [-0.2, -0.15) is 0 Å². The minimum absolute atomic E-state index is 0.0275. The van der Waals surface area contributed by atoms with Crippen molar-refractivity contribution in [2.75, 3.05) is 5.32 Å². The van der Waals surface area contributed by atoms with Crippen LogP contribution < -0.4 is 10.6 Å². The van der Waals surface area contributed by atoms with Crippen molar-refractivity contribution in [2.45, 2.75) is 12.6 Å². The van der Waals surface area contributed by atoms with Crippen molar-refractivity contribution < 1.29 is 14.7 Å². The number of carbonyl (C=O) groups excluding carboxylic acids is 1. The second-order valence-corrected chi connectivity index (χ2v) is 3.32. The Bertz CT molecular complexity index is 409. The highest BCUT2D eigenvalue weighted by Crippen LogP contribution is 2.17. The van der Waals surface area contributed by atoms with Crippen molar-refractivity contribution in [3.63, 3.8) is 0 Å². The van der Waals surface area contributed by atoms with Gasteiger partial charge in [-0.25, -0.2) is 4.79 Å². The first-order chi connectivity index (χ1) is 7.16. The highest BCUT2D eigenvalue weighted by atomic mass is 16.4. The van der Waals surface area contributed by atoms with E-state index < -0.39 is 5.97 Å². The van der Waals surface area contributed by atoms with E-state index in [1.165, 1.54) is 6.07 Å². The quantitative estimate of drug-likeness (QED) is 0.634. The Morgan fingerprint density at radius 2 is 2.13 bits per heavy atom. The Kier molecular flexibility index (Phi) is 2.29. The van der Waals surface area contributed by atoms with E-state index >= 15 is 0 Å². The molecule has 1 aromatic carbocycles. The molecule has 2 rings (SSSR count). The zero-order chi connectivity index (χ0) is 10.8. The van der Waals surface area contributed by atoms with Crippen molar-refractivity contribution in [3.8, 4) is 0 Å². The minimum atomic E-state index is -0.983. The molecule has 5 nitrogen and oxygen atoms in total. The number of carboxylic acid groups (broad SMARTS) is 1. The Balaban J connectivity index is 2.13. The number of anilines is 1. The van der Waals surface area contributed by atoms with Gasteiger partial charge in [0.2, 0.25) is 5.91 Å². The maximum absolute atomic E-state index is 10.8. The van der Waals surface area contributed by atoms with Crippen molar-refractivity contribution in [2.24, 2.45) is 0 Å². The molecule has 0 aromatic heterocycles. The van der Waals surface area contributed by atoms with Crippen LogP contribution in [0.1, 0.15) is 16.8 Å². The SMILES string of the molecule is O=C1C[C@H](Nc2ccccc2C(=O)O)N1. The lowest BCUT2D eigenvalue weighted by molar-refractivity contribution is -0.127. The average molecular weight is 206 g/mol. The predicted molar refractivity (Wildman–Crippen MR) is 53.6 cm³/mol. The summed E-state index contributed by atoms with van der Waals surface area (Å²) in [7, 11) is 0. The molecular formula is C10H10N2O3. The third-order valence-electron chi connectivity index (χ3n) is 2.21. The van der Waals surface area contributed by atoms with Gasteiger partial charge < -0.3 is 15.7 Å². The number of β-lactam (4-membered cyclic amide) rings is 1. The van der Waals surface area contributed by atoms with E-state index in [9.17, 15) is 9.59 Å². The number of hydrogen-bond acceptors (Lipinski definition) is 3. The summed E-state index contributed by atoms with van der Waals surface area (Å²) in [5, 5.41) is 14.5. The highest BCUT2D eigenvalue weighted by molar-refractivity contribution is 5.94. The predicted octanol–water partition coefficient (Wildman–Crippen LogP) is 0.643. The number of rotatable bonds is 3. The zero-order valence-corrected chi connectivity index (χ0v) is 7.86. The monoisotopic (exact) mass is 206 g/mol. The molecule has 1 amide bonds. The number of aromatic carboxylic acids is 1. The van der Waals surface area contributed by atoms with Crippen LogP contribution in [0.3, 0.4) is 0 Å². The zero-order valence-electron chi connectivity index (χ0n) is 7.86. The van der Waals surface area contributed by atoms with Crippen LogP contribution in [-0.2, 0) is 4.79 Å². The molecule has 5 heteroatoms. The Morgan fingerprint density at radius 1 is 1.47 bits per heavy atom. The Morgan fingerprint density at radius 3 is 2.73 bits per heavy atom. The number of carboxylic acids is 1. The van der Waals surface area contributed by atoms with Gasteiger partial charge in [0.1, 0.15) is 6.17 Å². The molecule has 1 heterocycles. The van der Waals surface area contributed by atoms with E-state index in [-0.39, 0.29) is 17.6 Å². The standard InChI is InChI=1S/C10H10N2O3/c13-9-5-8(12-9)11-7-4-2-1-3-6(7)10(14)15/h1-4,8,11H,5H2,(H,12,13)(H,14,15)/t8-/m1/s1. The Hall–Kier alpha value is -2.04. The summed E-state index contributed by atoms with van der Waals surface area (Å²) >= 11 is 0. The number of para-hydroxylation sites is 1. The van der Waals surface area contributed by atoms with Crippen molar-refractivity contribution in [1.82, 2.24) is 5.32 Å². The number of nitrogens with one attached hydrogen (secondary N) is 2. The van der Waals surface area contributed by atoms with Gasteiger partial charge in [0, 0.05) is 0 Å². The second-order valence-electron chi connectivity index (χ2n) is 3.32. The molecule has 15 heavy (non-hydrogen) atoms. The van der Waals surface area contributed by atoms with Crippen molar-refractivity contribution in [1.29, 1.82) is 0 Å². The molecule has 1 aliphatic rings. The van der Waals surface area contributed by atoms with Gasteiger partial charge in [0.05, 0.1) is 17.7 Å². The lowest BCUT2D eigenvalue weighted by Crippen LogP contribution is -2.53. The fourth-order valence-corrected chi connectivity index (χ4v) is 1.43. The molecule has 1 aliphatic heterocycles. The smallest absolute Gasteiger partial charge is 0.337 e. The maximum atomic E-state index is 10.8. The fourth-order valence-electron chi connectivity index (χ4n) is 1.43. The average Bonchev–Trinajstić information content (AvgIpc) is 2.16. The van der Waals surface area contributed by atoms with Crippen LogP contribution in [0.5, 0.6) is 0 Å². The lowest BCUT2D eigenvalue weighted by Gasteiger charge is -2.29. The van der Waals surface area contributed by atoms with E-state index in [1.807, 2.05) is 0 Å². The molecule has 1 aromatic rings. The summed E-state index contributed by atoms with van der Waals surface area (Å²) in [5.41, 5.74) is 0.730. The number of benzene rings is 1. The lowest BCUT2D eigenvalue weighted by atomic mass is 10.1. The van der Waals surface area contributed by atoms with Crippen LogP contribution in [0.2, 0.25) is 0 Å². The molecule has 0 radical (unpaired) electrons. The van der Waals surface area contributed by atoms with E-state index in [0.717, 1.165) is 0 Å². The van der Waals surface area contributed by atoms with Gasteiger partial charge in [0.25, 0.3) is 0 Å². The Labute approximate surface area is 86.1 Å². The van der Waals surface area contributed by atoms with Crippen LogP contribution >= 0.6 is 0 Å². The summed E-state index contributed by atoms with van der Waals surface area (Å²) in [6, 6.07) is 6.60. The third-order valence-corrected chi connectivity index (χ3v) is 2.21. The molecule has 0 spiro atoms. The van der Waals surface area contributed by atoms with E-state index in [2.05, 4.69) is 10.6 Å². The molecule has 0 aliphatic carbocycles. The second kappa shape index (κ2) is 3.61. The van der Waals surface area contributed by atoms with Gasteiger partial charge in [-0.15, -0.1) is 0 Å². The van der Waals surface area contributed by atoms with E-state index in [4.69, 9.17) is 5.11 Å². The fraction of sp³-hybridized carbons (Fsp3) is 0.200. The molecule has 78 valence electrons. The van der Waals surface area contributed by atoms with Gasteiger partial charge in [-0.1, -0.05) is 12.1 Å². The van der Waals surface area contributed by atoms with Gasteiger partial charge >= 0.3 is 5.97 Å². The first-order valence-electron chi connectivity index (χ1n) is 4.55. The molecule has 3 N–H and O–H groups in total. The topological polar surface area (TPSA) is 78.4 Å². The summed E-state index contributed by atoms with van der Waals surface area (Å²) < 4.78 is 0. The van der Waals surface area contributed by atoms with Gasteiger partial charge in [-0.3, -0.25) is 4.79 Å². The summed E-state index contributed by atoms with van der Waals surface area (Å²) in [5.74, 6) is -1.01. The number of amides is 1. The first-order valence-corrected chi connectivity index (χ1v) is 4.55. The first kappa shape index (κ1) is 9.51. The van der Waals surface area contributed by atoms with E-state index in [0.29, 0.717) is 12.1 Å². The molecule has 0 bridgehead atoms. The molecule has 0 saturated carbocycles.